The summed E-state index contributed by atoms with van der Waals surface area (Å²) in [5.41, 5.74) is 7.47. The van der Waals surface area contributed by atoms with Gasteiger partial charge in [-0.25, -0.2) is 0 Å². The Morgan fingerprint density at radius 2 is 2.17 bits per heavy atom. The molecule has 1 heterocycles. The van der Waals surface area contributed by atoms with Crippen molar-refractivity contribution in [1.29, 1.82) is 0 Å². The van der Waals surface area contributed by atoms with Crippen LogP contribution in [0.5, 0.6) is 0 Å². The molecule has 0 amide bonds. The van der Waals surface area contributed by atoms with Crippen molar-refractivity contribution >= 4 is 0 Å². The molecule has 1 aliphatic rings. The van der Waals surface area contributed by atoms with E-state index in [0.29, 0.717) is 0 Å². The maximum absolute atomic E-state index is 9.24. The minimum atomic E-state index is -0.872. The Morgan fingerprint density at radius 3 is 2.58 bits per heavy atom. The molecule has 0 aromatic heterocycles. The van der Waals surface area contributed by atoms with Gasteiger partial charge in [0.2, 0.25) is 0 Å². The van der Waals surface area contributed by atoms with Crippen molar-refractivity contribution in [3.05, 3.63) is 5.73 Å². The Bertz CT molecular complexity index is 122. The molecule has 1 saturated heterocycles. The predicted molar refractivity (Wildman–Crippen MR) is 43.1 cm³/mol. The smallest absolute Gasteiger partial charge is 0.139 e. The Morgan fingerprint density at radius 1 is 1.58 bits per heavy atom. The Kier molecular flexibility index (Phi) is 6.12. The van der Waals surface area contributed by atoms with Crippen molar-refractivity contribution in [2.24, 2.45) is 5.92 Å². The maximum atomic E-state index is 9.24. The van der Waals surface area contributed by atoms with Gasteiger partial charge >= 0.3 is 0 Å². The van der Waals surface area contributed by atoms with Crippen molar-refractivity contribution in [2.75, 3.05) is 0 Å². The van der Waals surface area contributed by atoms with Crippen molar-refractivity contribution in [1.82, 2.24) is 0 Å². The molecule has 3 nitrogen and oxygen atoms in total. The van der Waals surface area contributed by atoms with Gasteiger partial charge < -0.3 is 15.6 Å². The van der Waals surface area contributed by atoms with Gasteiger partial charge in [-0.1, -0.05) is 25.8 Å². The average Bonchev–Trinajstić information content (AvgIpc) is 1.99. The van der Waals surface area contributed by atoms with Gasteiger partial charge in [-0.05, 0) is 12.8 Å². The second-order valence-electron chi connectivity index (χ2n) is 3.30. The zero-order valence-corrected chi connectivity index (χ0v) is 10.5. The quantitative estimate of drug-likeness (QED) is 0.764. The molecule has 4 atom stereocenters. The average molecular weight is 247 g/mol. The number of aliphatic hydroxyl groups is 1. The van der Waals surface area contributed by atoms with E-state index in [-0.39, 0.29) is 44.7 Å². The zero-order valence-electron chi connectivity index (χ0n) is 7.66. The van der Waals surface area contributed by atoms with Crippen LogP contribution in [0.2, 0.25) is 0 Å². The van der Waals surface area contributed by atoms with Gasteiger partial charge in [0.15, 0.2) is 0 Å². The monoisotopic (exact) mass is 247 g/mol. The molecule has 4 unspecified atom stereocenters. The van der Waals surface area contributed by atoms with Crippen molar-refractivity contribution in [2.45, 2.75) is 45.1 Å². The third kappa shape index (κ3) is 3.04. The normalized spacial score (nSPS) is 42.0. The van der Waals surface area contributed by atoms with Crippen LogP contribution in [0.4, 0.5) is 0 Å². The molecule has 0 aliphatic carbocycles. The molecule has 1 aliphatic heterocycles. The van der Waals surface area contributed by atoms with E-state index in [9.17, 15) is 5.11 Å². The number of rotatable bonds is 1. The minimum absolute atomic E-state index is 0. The minimum Gasteiger partial charge on any atom is -0.670 e. The standard InChI is InChI=1S/C8H16NO2.Y/c1-3-6-4-5(2)7(9)8(10)11-6;/h5-10H,3-4H2,1-2H3;/q-1;. The number of aliphatic hydroxyl groups excluding tert-OH is 1. The molecule has 0 saturated carbocycles. The van der Waals surface area contributed by atoms with Crippen LogP contribution >= 0.6 is 0 Å². The van der Waals surface area contributed by atoms with E-state index in [1.165, 1.54) is 0 Å². The molecule has 1 rings (SSSR count). The second-order valence-corrected chi connectivity index (χ2v) is 3.30. The molecule has 0 aromatic carbocycles. The van der Waals surface area contributed by atoms with Crippen molar-refractivity contribution < 1.29 is 42.6 Å². The maximum Gasteiger partial charge on any atom is 0.139 e. The Balaban J connectivity index is 0.00000121. The SMILES string of the molecule is CCC1CC(C)C([NH-])C(O)O1.[Y]. The number of ether oxygens (including phenoxy) is 1. The van der Waals surface area contributed by atoms with Crippen LogP contribution in [0.1, 0.15) is 26.7 Å². The first-order valence-electron chi connectivity index (χ1n) is 4.19. The molecule has 0 spiro atoms. The molecule has 1 fully saturated rings. The molecule has 2 N–H and O–H groups in total. The number of hydrogen-bond donors (Lipinski definition) is 1. The molecular formula is C8H16NO2Y-. The summed E-state index contributed by atoms with van der Waals surface area (Å²) in [7, 11) is 0. The van der Waals surface area contributed by atoms with E-state index in [1.807, 2.05) is 13.8 Å². The molecule has 0 aromatic rings. The fourth-order valence-corrected chi connectivity index (χ4v) is 1.44. The Hall–Kier alpha value is 0.984. The predicted octanol–water partition coefficient (Wildman–Crippen LogP) is 1.56. The summed E-state index contributed by atoms with van der Waals surface area (Å²) < 4.78 is 5.19. The third-order valence-electron chi connectivity index (χ3n) is 2.34. The summed E-state index contributed by atoms with van der Waals surface area (Å²) in [6.45, 7) is 4.03. The second kappa shape index (κ2) is 5.66. The summed E-state index contributed by atoms with van der Waals surface area (Å²) >= 11 is 0. The third-order valence-corrected chi connectivity index (χ3v) is 2.34. The van der Waals surface area contributed by atoms with Crippen LogP contribution in [-0.2, 0) is 37.4 Å². The van der Waals surface area contributed by atoms with Gasteiger partial charge in [0, 0.05) is 32.7 Å². The summed E-state index contributed by atoms with van der Waals surface area (Å²) in [6, 6.07) is -0.460. The van der Waals surface area contributed by atoms with Crippen LogP contribution < -0.4 is 0 Å². The van der Waals surface area contributed by atoms with Crippen LogP contribution in [0.25, 0.3) is 5.73 Å². The molecule has 0 bridgehead atoms. The summed E-state index contributed by atoms with van der Waals surface area (Å²) in [6.07, 6.45) is 1.11. The van der Waals surface area contributed by atoms with E-state index in [4.69, 9.17) is 10.5 Å². The van der Waals surface area contributed by atoms with Crippen LogP contribution in [0.15, 0.2) is 0 Å². The summed E-state index contributed by atoms with van der Waals surface area (Å²) in [5.74, 6) is 0.253. The van der Waals surface area contributed by atoms with Crippen molar-refractivity contribution in [3.8, 4) is 0 Å². The van der Waals surface area contributed by atoms with Gasteiger partial charge in [-0.2, -0.15) is 0 Å². The van der Waals surface area contributed by atoms with E-state index in [1.54, 1.807) is 0 Å². The fraction of sp³-hybridized carbons (Fsp3) is 1.00. The van der Waals surface area contributed by atoms with E-state index < -0.39 is 12.3 Å². The van der Waals surface area contributed by atoms with Crippen LogP contribution in [-0.4, -0.2) is 23.5 Å². The summed E-state index contributed by atoms with van der Waals surface area (Å²) in [4.78, 5) is 0. The van der Waals surface area contributed by atoms with Gasteiger partial charge in [-0.15, -0.1) is 0 Å². The van der Waals surface area contributed by atoms with Crippen molar-refractivity contribution in [3.63, 3.8) is 0 Å². The van der Waals surface area contributed by atoms with Gasteiger partial charge in [0.05, 0.1) is 6.10 Å². The molecule has 12 heavy (non-hydrogen) atoms. The van der Waals surface area contributed by atoms with Gasteiger partial charge in [0.25, 0.3) is 0 Å². The molecule has 1 radical (unpaired) electrons. The Labute approximate surface area is 98.9 Å². The topological polar surface area (TPSA) is 53.3 Å². The molecular weight excluding hydrogens is 231 g/mol. The number of nitrogens with one attached hydrogen (secondary N) is 1. The van der Waals surface area contributed by atoms with Gasteiger partial charge in [0.1, 0.15) is 6.29 Å². The summed E-state index contributed by atoms with van der Waals surface area (Å²) in [5, 5.41) is 9.24. The van der Waals surface area contributed by atoms with E-state index in [0.717, 1.165) is 12.8 Å². The van der Waals surface area contributed by atoms with E-state index >= 15 is 0 Å². The first-order chi connectivity index (χ1) is 5.15. The van der Waals surface area contributed by atoms with E-state index in [2.05, 4.69) is 0 Å². The first kappa shape index (κ1) is 13.0. The van der Waals surface area contributed by atoms with Gasteiger partial charge in [-0.3, -0.25) is 0 Å². The number of hydrogen-bond acceptors (Lipinski definition) is 2. The molecule has 4 heteroatoms. The largest absolute Gasteiger partial charge is 0.670 e. The first-order valence-corrected chi connectivity index (χ1v) is 4.19. The van der Waals surface area contributed by atoms with Crippen LogP contribution in [0.3, 0.4) is 0 Å². The van der Waals surface area contributed by atoms with Crippen LogP contribution in [0, 0.1) is 5.92 Å². The zero-order chi connectivity index (χ0) is 8.43. The fourth-order valence-electron chi connectivity index (χ4n) is 1.44. The molecule has 69 valence electrons.